The third kappa shape index (κ3) is 3.84. The van der Waals surface area contributed by atoms with Gasteiger partial charge in [0.2, 0.25) is 0 Å². The summed E-state index contributed by atoms with van der Waals surface area (Å²) in [5.41, 5.74) is 0. The molecule has 3 nitrogen and oxygen atoms in total. The third-order valence-electron chi connectivity index (χ3n) is 1.80. The van der Waals surface area contributed by atoms with E-state index in [-0.39, 0.29) is 0 Å². The number of nitrogens with zero attached hydrogens (tertiary/aromatic N) is 1. The molecule has 1 unspecified atom stereocenters. The van der Waals surface area contributed by atoms with E-state index in [1.165, 1.54) is 0 Å². The van der Waals surface area contributed by atoms with E-state index in [1.54, 1.807) is 6.26 Å². The monoisotopic (exact) mass is 177 g/mol. The van der Waals surface area contributed by atoms with Gasteiger partial charge < -0.3 is 4.74 Å². The highest BCUT2D eigenvalue weighted by Gasteiger charge is 2.09. The quantitative estimate of drug-likeness (QED) is 0.592. The summed E-state index contributed by atoms with van der Waals surface area (Å²) in [4.78, 5) is 2.30. The number of ether oxygens (including phenoxy) is 1. The van der Waals surface area contributed by atoms with Crippen LogP contribution in [0.15, 0.2) is 0 Å². The lowest BCUT2D eigenvalue weighted by Gasteiger charge is -2.25. The van der Waals surface area contributed by atoms with E-state index in [2.05, 4.69) is 4.90 Å². The van der Waals surface area contributed by atoms with Crippen LogP contribution < -0.4 is 0 Å². The molecule has 1 aliphatic rings. The zero-order valence-corrected chi connectivity index (χ0v) is 7.73. The van der Waals surface area contributed by atoms with Crippen molar-refractivity contribution in [2.24, 2.45) is 0 Å². The number of hydrogen-bond acceptors (Lipinski definition) is 3. The van der Waals surface area contributed by atoms with Gasteiger partial charge in [-0.05, 0) is 0 Å². The van der Waals surface area contributed by atoms with Crippen molar-refractivity contribution in [3.8, 4) is 0 Å². The topological polar surface area (TPSA) is 29.5 Å². The van der Waals surface area contributed by atoms with Crippen LogP contribution in [0.1, 0.15) is 0 Å². The Morgan fingerprint density at radius 2 is 2.09 bits per heavy atom. The Bertz CT molecular complexity index is 134. The van der Waals surface area contributed by atoms with E-state index >= 15 is 0 Å². The molecule has 1 heterocycles. The second-order valence-electron chi connectivity index (χ2n) is 2.73. The smallest absolute Gasteiger partial charge is 0.0594 e. The largest absolute Gasteiger partial charge is 0.379 e. The van der Waals surface area contributed by atoms with E-state index in [0.717, 1.165) is 38.6 Å². The molecule has 1 aliphatic heterocycles. The first-order valence-electron chi connectivity index (χ1n) is 3.89. The van der Waals surface area contributed by atoms with Gasteiger partial charge >= 0.3 is 0 Å². The van der Waals surface area contributed by atoms with Gasteiger partial charge in [-0.25, -0.2) is 0 Å². The first-order valence-corrected chi connectivity index (χ1v) is 5.62. The summed E-state index contributed by atoms with van der Waals surface area (Å²) >= 11 is 0. The molecule has 0 radical (unpaired) electrons. The highest BCUT2D eigenvalue weighted by atomic mass is 32.2. The van der Waals surface area contributed by atoms with Crippen LogP contribution in [0.4, 0.5) is 0 Å². The van der Waals surface area contributed by atoms with E-state index in [4.69, 9.17) is 4.74 Å². The molecule has 0 spiro atoms. The lowest BCUT2D eigenvalue weighted by molar-refractivity contribution is 0.0409. The molecule has 11 heavy (non-hydrogen) atoms. The van der Waals surface area contributed by atoms with Crippen LogP contribution in [0.2, 0.25) is 0 Å². The average Bonchev–Trinajstić information content (AvgIpc) is 2.03. The first-order chi connectivity index (χ1) is 5.29. The fraction of sp³-hybridized carbons (Fsp3) is 1.00. The average molecular weight is 177 g/mol. The summed E-state index contributed by atoms with van der Waals surface area (Å²) < 4.78 is 15.9. The third-order valence-corrected chi connectivity index (χ3v) is 2.56. The molecule has 0 aromatic carbocycles. The molecular formula is C7H15NO2S. The van der Waals surface area contributed by atoms with Crippen LogP contribution in [0.3, 0.4) is 0 Å². The predicted octanol–water partition coefficient (Wildman–Crippen LogP) is -0.303. The minimum atomic E-state index is -0.650. The molecule has 0 N–H and O–H groups in total. The summed E-state index contributed by atoms with van der Waals surface area (Å²) in [5.74, 6) is 0.792. The SMILES string of the molecule is CS(=O)CCN1CCOCC1. The minimum Gasteiger partial charge on any atom is -0.379 e. The second-order valence-corrected chi connectivity index (χ2v) is 4.29. The molecule has 0 aromatic heterocycles. The number of hydrogen-bond donors (Lipinski definition) is 0. The van der Waals surface area contributed by atoms with Crippen molar-refractivity contribution < 1.29 is 8.95 Å². The maximum Gasteiger partial charge on any atom is 0.0594 e. The fourth-order valence-corrected chi connectivity index (χ4v) is 1.60. The van der Waals surface area contributed by atoms with Gasteiger partial charge in [-0.15, -0.1) is 0 Å². The highest BCUT2D eigenvalue weighted by Crippen LogP contribution is 1.95. The molecule has 1 atom stereocenters. The molecule has 0 saturated carbocycles. The Hall–Kier alpha value is 0.0700. The summed E-state index contributed by atoms with van der Waals surface area (Å²) in [5, 5.41) is 0. The maximum atomic E-state index is 10.7. The molecule has 1 fully saturated rings. The molecule has 66 valence electrons. The molecule has 1 rings (SSSR count). The van der Waals surface area contributed by atoms with E-state index in [9.17, 15) is 4.21 Å². The van der Waals surface area contributed by atoms with Crippen molar-refractivity contribution >= 4 is 10.8 Å². The number of morpholine rings is 1. The maximum absolute atomic E-state index is 10.7. The molecular weight excluding hydrogens is 162 g/mol. The number of rotatable bonds is 3. The zero-order chi connectivity index (χ0) is 8.10. The van der Waals surface area contributed by atoms with Crippen LogP contribution in [-0.4, -0.2) is 54.0 Å². The molecule has 0 aromatic rings. The van der Waals surface area contributed by atoms with Crippen molar-refractivity contribution in [2.45, 2.75) is 0 Å². The molecule has 0 aliphatic carbocycles. The Morgan fingerprint density at radius 1 is 1.45 bits per heavy atom. The van der Waals surface area contributed by atoms with Crippen LogP contribution in [-0.2, 0) is 15.5 Å². The van der Waals surface area contributed by atoms with E-state index in [0.29, 0.717) is 0 Å². The minimum absolute atomic E-state index is 0.650. The van der Waals surface area contributed by atoms with Gasteiger partial charge in [0.1, 0.15) is 0 Å². The highest BCUT2D eigenvalue weighted by molar-refractivity contribution is 7.84. The summed E-state index contributed by atoms with van der Waals surface area (Å²) in [6.07, 6.45) is 1.75. The second kappa shape index (κ2) is 4.85. The van der Waals surface area contributed by atoms with E-state index < -0.39 is 10.8 Å². The predicted molar refractivity (Wildman–Crippen MR) is 46.2 cm³/mol. The van der Waals surface area contributed by atoms with Crippen LogP contribution >= 0.6 is 0 Å². The van der Waals surface area contributed by atoms with Crippen molar-refractivity contribution in [1.82, 2.24) is 4.90 Å². The Morgan fingerprint density at radius 3 is 2.64 bits per heavy atom. The first kappa shape index (κ1) is 9.16. The standard InChI is InChI=1S/C7H15NO2S/c1-11(9)7-4-8-2-5-10-6-3-8/h2-7H2,1H3. The zero-order valence-electron chi connectivity index (χ0n) is 6.91. The fourth-order valence-electron chi connectivity index (χ4n) is 1.08. The van der Waals surface area contributed by atoms with Crippen LogP contribution in [0, 0.1) is 0 Å². The van der Waals surface area contributed by atoms with Crippen LogP contribution in [0.25, 0.3) is 0 Å². The van der Waals surface area contributed by atoms with Crippen molar-refractivity contribution in [2.75, 3.05) is 44.9 Å². The van der Waals surface area contributed by atoms with Gasteiger partial charge in [0, 0.05) is 42.4 Å². The Kier molecular flexibility index (Phi) is 4.04. The van der Waals surface area contributed by atoms with Crippen molar-refractivity contribution in [3.63, 3.8) is 0 Å². The lowest BCUT2D eigenvalue weighted by Crippen LogP contribution is -2.38. The van der Waals surface area contributed by atoms with Gasteiger partial charge in [0.05, 0.1) is 13.2 Å². The lowest BCUT2D eigenvalue weighted by atomic mass is 10.4. The molecule has 1 saturated heterocycles. The van der Waals surface area contributed by atoms with Crippen molar-refractivity contribution in [3.05, 3.63) is 0 Å². The van der Waals surface area contributed by atoms with Crippen molar-refractivity contribution in [1.29, 1.82) is 0 Å². The normalized spacial score (nSPS) is 23.4. The summed E-state index contributed by atoms with van der Waals surface area (Å²) in [7, 11) is -0.650. The van der Waals surface area contributed by atoms with Gasteiger partial charge in [0.25, 0.3) is 0 Å². The summed E-state index contributed by atoms with van der Waals surface area (Å²) in [6.45, 7) is 4.60. The van der Waals surface area contributed by atoms with Crippen LogP contribution in [0.5, 0.6) is 0 Å². The van der Waals surface area contributed by atoms with Gasteiger partial charge in [-0.2, -0.15) is 0 Å². The molecule has 4 heteroatoms. The van der Waals surface area contributed by atoms with Gasteiger partial charge in [0.15, 0.2) is 0 Å². The van der Waals surface area contributed by atoms with E-state index in [1.807, 2.05) is 0 Å². The van der Waals surface area contributed by atoms with Gasteiger partial charge in [-0.1, -0.05) is 0 Å². The Labute approximate surface area is 70.2 Å². The molecule has 0 amide bonds. The van der Waals surface area contributed by atoms with Gasteiger partial charge in [-0.3, -0.25) is 9.11 Å². The Balaban J connectivity index is 2.09. The molecule has 0 bridgehead atoms. The summed E-state index contributed by atoms with van der Waals surface area (Å²) in [6, 6.07) is 0.